The van der Waals surface area contributed by atoms with E-state index in [2.05, 4.69) is 12.6 Å². The third-order valence-corrected chi connectivity index (χ3v) is 3.38. The molecule has 0 saturated carbocycles. The molecule has 1 aliphatic rings. The molecule has 9 nitrogen and oxygen atoms in total. The molecule has 0 amide bonds. The summed E-state index contributed by atoms with van der Waals surface area (Å²) in [6.45, 7) is 4.42. The monoisotopic (exact) mass is 595 g/mol. The van der Waals surface area contributed by atoms with Crippen molar-refractivity contribution in [2.45, 2.75) is 57.5 Å². The Morgan fingerprint density at radius 2 is 1.23 bits per heavy atom. The smallest absolute Gasteiger partial charge is 0.303 e. The molecule has 1 rings (SSSR count). The predicted molar refractivity (Wildman–Crippen MR) is 92.0 cm³/mol. The predicted octanol–water partition coefficient (Wildman–Crippen LogP) is 0.0549. The first-order chi connectivity index (χ1) is 11.1. The Hall–Kier alpha value is -0.640. The van der Waals surface area contributed by atoms with E-state index in [9.17, 15) is 19.2 Å². The maximum atomic E-state index is 11.4. The van der Waals surface area contributed by atoms with Crippen molar-refractivity contribution in [2.24, 2.45) is 0 Å². The van der Waals surface area contributed by atoms with Gasteiger partial charge in [-0.05, 0) is 0 Å². The van der Waals surface area contributed by atoms with Crippen LogP contribution in [-0.2, 0) is 65.2 Å². The Morgan fingerprint density at radius 3 is 1.65 bits per heavy atom. The maximum Gasteiger partial charge on any atom is 0.303 e. The molecule has 0 aromatic carbocycles. The van der Waals surface area contributed by atoms with Crippen LogP contribution in [-0.4, -0.2) is 60.3 Å². The van der Waals surface area contributed by atoms with Crippen LogP contribution in [0, 0.1) is 0 Å². The largest absolute Gasteiger partial charge is 0.463 e. The maximum absolute atomic E-state index is 11.4. The minimum absolute atomic E-state index is 0. The molecule has 0 spiro atoms. The zero-order chi connectivity index (χ0) is 18.4. The fraction of sp³-hybridized carbons (Fsp3) is 0.714. The van der Waals surface area contributed by atoms with Crippen molar-refractivity contribution >= 4 is 46.4 Å². The Kier molecular flexibility index (Phi) is 13.5. The second-order valence-corrected chi connectivity index (χ2v) is 5.60. The SMILES string of the molecule is CC(=O)OC[C@H]1O[C@@H](S)[C@H](OC(C)=O)[C@@H](OC(C)=O)[C@@H]1OC(C)=O.P.[Au]. The van der Waals surface area contributed by atoms with Crippen LogP contribution in [0.15, 0.2) is 0 Å². The molecular formula is C14H23AuO9PS. The second-order valence-electron chi connectivity index (χ2n) is 5.09. The zero-order valence-corrected chi connectivity index (χ0v) is 19.2. The number of ether oxygens (including phenoxy) is 5. The van der Waals surface area contributed by atoms with Gasteiger partial charge in [-0.15, -0.1) is 12.6 Å². The first-order valence-corrected chi connectivity index (χ1v) is 7.62. The first-order valence-electron chi connectivity index (χ1n) is 7.10. The van der Waals surface area contributed by atoms with Gasteiger partial charge < -0.3 is 23.7 Å². The summed E-state index contributed by atoms with van der Waals surface area (Å²) in [5.74, 6) is -2.57. The fourth-order valence-electron chi connectivity index (χ4n) is 2.21. The summed E-state index contributed by atoms with van der Waals surface area (Å²) in [6, 6.07) is 0. The topological polar surface area (TPSA) is 114 Å². The average molecular weight is 595 g/mol. The molecule has 0 N–H and O–H groups in total. The van der Waals surface area contributed by atoms with Gasteiger partial charge in [-0.3, -0.25) is 19.2 Å². The third-order valence-electron chi connectivity index (χ3n) is 2.97. The Labute approximate surface area is 175 Å². The van der Waals surface area contributed by atoms with Crippen LogP contribution in [0.5, 0.6) is 0 Å². The molecule has 155 valence electrons. The van der Waals surface area contributed by atoms with Gasteiger partial charge in [0.05, 0.1) is 0 Å². The average Bonchev–Trinajstić information content (AvgIpc) is 2.42. The summed E-state index contributed by atoms with van der Waals surface area (Å²) >= 11 is 4.18. The minimum Gasteiger partial charge on any atom is -0.463 e. The van der Waals surface area contributed by atoms with E-state index in [1.807, 2.05) is 0 Å². The van der Waals surface area contributed by atoms with Crippen molar-refractivity contribution in [3.63, 3.8) is 0 Å². The number of rotatable bonds is 5. The zero-order valence-electron chi connectivity index (χ0n) is 14.7. The van der Waals surface area contributed by atoms with Gasteiger partial charge in [0.15, 0.2) is 18.3 Å². The molecule has 0 bridgehead atoms. The molecule has 1 fully saturated rings. The van der Waals surface area contributed by atoms with Crippen molar-refractivity contribution in [1.29, 1.82) is 0 Å². The first kappa shape index (κ1) is 27.6. The number of hydrogen-bond acceptors (Lipinski definition) is 10. The van der Waals surface area contributed by atoms with E-state index >= 15 is 0 Å². The Balaban J connectivity index is 0. The quantitative estimate of drug-likeness (QED) is 0.155. The van der Waals surface area contributed by atoms with Gasteiger partial charge in [-0.1, -0.05) is 0 Å². The van der Waals surface area contributed by atoms with Crippen LogP contribution in [0.4, 0.5) is 0 Å². The number of esters is 4. The van der Waals surface area contributed by atoms with Crippen molar-refractivity contribution < 1.29 is 65.2 Å². The van der Waals surface area contributed by atoms with Gasteiger partial charge in [0.25, 0.3) is 0 Å². The summed E-state index contributed by atoms with van der Waals surface area (Å²) in [5.41, 5.74) is -0.981. The molecule has 26 heavy (non-hydrogen) atoms. The normalized spacial score (nSPS) is 27.0. The third kappa shape index (κ3) is 8.83. The Bertz CT molecular complexity index is 519. The molecule has 12 heteroatoms. The van der Waals surface area contributed by atoms with Crippen LogP contribution in [0.2, 0.25) is 0 Å². The van der Waals surface area contributed by atoms with E-state index in [1.54, 1.807) is 0 Å². The Morgan fingerprint density at radius 1 is 0.808 bits per heavy atom. The molecule has 6 atom stereocenters. The molecule has 1 radical (unpaired) electrons. The van der Waals surface area contributed by atoms with E-state index in [1.165, 1.54) is 6.92 Å². The summed E-state index contributed by atoms with van der Waals surface area (Å²) in [6.07, 6.45) is -4.35. The molecule has 1 unspecified atom stereocenters. The minimum atomic E-state index is -1.16. The molecule has 0 aliphatic carbocycles. The molecule has 0 aromatic rings. The molecule has 0 aromatic heterocycles. The van der Waals surface area contributed by atoms with Gasteiger partial charge in [-0.25, -0.2) is 0 Å². The number of thiol groups is 1. The molecule has 1 heterocycles. The van der Waals surface area contributed by atoms with Gasteiger partial charge in [0, 0.05) is 50.1 Å². The molecule has 1 saturated heterocycles. The van der Waals surface area contributed by atoms with Crippen LogP contribution >= 0.6 is 22.5 Å². The summed E-state index contributed by atoms with van der Waals surface area (Å²) in [5, 5.41) is 0. The van der Waals surface area contributed by atoms with Gasteiger partial charge in [0.1, 0.15) is 18.1 Å². The van der Waals surface area contributed by atoms with E-state index in [-0.39, 0.29) is 38.9 Å². The fourth-order valence-corrected chi connectivity index (χ4v) is 2.59. The number of carbonyl (C=O) groups is 4. The van der Waals surface area contributed by atoms with Crippen molar-refractivity contribution in [3.05, 3.63) is 0 Å². The summed E-state index contributed by atoms with van der Waals surface area (Å²) < 4.78 is 25.8. The van der Waals surface area contributed by atoms with Gasteiger partial charge in [-0.2, -0.15) is 9.90 Å². The standard InChI is InChI=1S/C14H20O9S.Au.H3P/c1-6(15)19-5-10-11(20-7(2)16)12(21-8(3)17)13(14(24)23-10)22-9(4)18;;/h10-14,24H,5H2,1-4H3;;1H3/t10-,11-,12+,13-,14+;;/m1../s1. The van der Waals surface area contributed by atoms with E-state index < -0.39 is 53.7 Å². The van der Waals surface area contributed by atoms with Crippen LogP contribution in [0.1, 0.15) is 27.7 Å². The summed E-state index contributed by atoms with van der Waals surface area (Å²) in [4.78, 5) is 45.1. The number of carbonyl (C=O) groups excluding carboxylic acids is 4. The van der Waals surface area contributed by atoms with E-state index in [0.717, 1.165) is 20.8 Å². The van der Waals surface area contributed by atoms with E-state index in [4.69, 9.17) is 23.7 Å². The molecular weight excluding hydrogens is 572 g/mol. The van der Waals surface area contributed by atoms with Gasteiger partial charge in [0.2, 0.25) is 0 Å². The van der Waals surface area contributed by atoms with Crippen LogP contribution in [0.3, 0.4) is 0 Å². The van der Waals surface area contributed by atoms with Gasteiger partial charge >= 0.3 is 23.9 Å². The van der Waals surface area contributed by atoms with Crippen LogP contribution in [0.25, 0.3) is 0 Å². The van der Waals surface area contributed by atoms with E-state index in [0.29, 0.717) is 0 Å². The second kappa shape index (κ2) is 12.7. The van der Waals surface area contributed by atoms with Crippen LogP contribution < -0.4 is 0 Å². The van der Waals surface area contributed by atoms with Crippen molar-refractivity contribution in [2.75, 3.05) is 6.61 Å². The number of hydrogen-bond donors (Lipinski definition) is 1. The van der Waals surface area contributed by atoms with Crippen molar-refractivity contribution in [1.82, 2.24) is 0 Å². The summed E-state index contributed by atoms with van der Waals surface area (Å²) in [7, 11) is 0. The van der Waals surface area contributed by atoms with Crippen molar-refractivity contribution in [3.8, 4) is 0 Å². The molecule has 1 aliphatic heterocycles.